The molecule has 0 saturated carbocycles. The van der Waals surface area contributed by atoms with Crippen LogP contribution in [0, 0.1) is 13.8 Å². The number of hydrogen-bond acceptors (Lipinski definition) is 6. The fourth-order valence-electron chi connectivity index (χ4n) is 4.46. The van der Waals surface area contributed by atoms with Crippen LogP contribution in [0.5, 0.6) is 0 Å². The molecule has 35 heavy (non-hydrogen) atoms. The number of nitrogens with zero attached hydrogens (tertiary/aromatic N) is 4. The van der Waals surface area contributed by atoms with Gasteiger partial charge in [-0.05, 0) is 68.3 Å². The van der Waals surface area contributed by atoms with E-state index in [9.17, 15) is 9.59 Å². The Labute approximate surface area is 209 Å². The fraction of sp³-hybridized carbons (Fsp3) is 0.296. The molecule has 0 radical (unpaired) electrons. The van der Waals surface area contributed by atoms with Gasteiger partial charge in [0.25, 0.3) is 5.91 Å². The number of carbonyl (C=O) groups excluding carboxylic acids is 2. The minimum Gasteiger partial charge on any atom is -0.348 e. The number of hydrogen-bond donors (Lipinski definition) is 1. The van der Waals surface area contributed by atoms with Crippen LogP contribution in [0.1, 0.15) is 41.8 Å². The van der Waals surface area contributed by atoms with E-state index in [1.807, 2.05) is 64.0 Å². The van der Waals surface area contributed by atoms with Crippen LogP contribution >= 0.6 is 11.8 Å². The minimum absolute atomic E-state index is 0.0607. The van der Waals surface area contributed by atoms with Gasteiger partial charge in [0.1, 0.15) is 0 Å². The van der Waals surface area contributed by atoms with Crippen LogP contribution < -0.4 is 5.32 Å². The molecule has 1 aliphatic carbocycles. The average Bonchev–Trinajstić information content (AvgIpc) is 3.16. The van der Waals surface area contributed by atoms with Gasteiger partial charge >= 0.3 is 0 Å². The molecule has 1 N–H and O–H groups in total. The van der Waals surface area contributed by atoms with Crippen LogP contribution in [-0.4, -0.2) is 44.2 Å². The first kappa shape index (κ1) is 24.6. The zero-order valence-corrected chi connectivity index (χ0v) is 21.7. The third-order valence-electron chi connectivity index (χ3n) is 6.31. The number of nitrogens with one attached hydrogen (secondary N) is 1. The van der Waals surface area contributed by atoms with Crippen molar-refractivity contribution in [3.63, 3.8) is 0 Å². The maximum atomic E-state index is 13.4. The average molecular weight is 488 g/mol. The second kappa shape index (κ2) is 10.00. The Morgan fingerprint density at radius 3 is 2.40 bits per heavy atom. The molecule has 0 unspecified atom stereocenters. The highest BCUT2D eigenvalue weighted by atomic mass is 32.2. The standard InChI is InChI=1S/C27H29N5O2S/c1-15-7-16(2)23(24(33)8-15)14-28-26(34)22-10-19(20-12-29-27(35-6)30-13-20)9-21(18(22)4)25-17(3)11-31-32(25)5/h7,9-13H,8,14H2,1-6H3,(H,28,34). The molecule has 0 atom stereocenters. The Bertz CT molecular complexity index is 1360. The highest BCUT2D eigenvalue weighted by Gasteiger charge is 2.22. The number of Topliss-reactive ketones (excluding diaryl/α,β-unsaturated/α-hetero) is 1. The maximum Gasteiger partial charge on any atom is 0.251 e. The van der Waals surface area contributed by atoms with E-state index in [4.69, 9.17) is 0 Å². The van der Waals surface area contributed by atoms with Crippen LogP contribution in [0.4, 0.5) is 0 Å². The molecule has 0 spiro atoms. The second-order valence-electron chi connectivity index (χ2n) is 8.89. The number of ketones is 1. The van der Waals surface area contributed by atoms with E-state index in [2.05, 4.69) is 26.4 Å². The lowest BCUT2D eigenvalue weighted by Gasteiger charge is -2.18. The SMILES string of the molecule is CSc1ncc(-c2cc(C(=O)NCC3=C(C)C=C(C)CC3=O)c(C)c(-c3c(C)cnn3C)c2)cn1. The van der Waals surface area contributed by atoms with Crippen molar-refractivity contribution in [2.45, 2.75) is 39.3 Å². The predicted octanol–water partition coefficient (Wildman–Crippen LogP) is 4.85. The van der Waals surface area contributed by atoms with Gasteiger partial charge in [0.2, 0.25) is 0 Å². The minimum atomic E-state index is -0.230. The number of allylic oxidation sites excluding steroid dienone is 3. The third-order valence-corrected chi connectivity index (χ3v) is 6.89. The summed E-state index contributed by atoms with van der Waals surface area (Å²) in [5.74, 6) is -0.169. The quantitative estimate of drug-likeness (QED) is 0.395. The molecular formula is C27H29N5O2S. The van der Waals surface area contributed by atoms with Crippen LogP contribution in [0.3, 0.4) is 0 Å². The van der Waals surface area contributed by atoms with E-state index < -0.39 is 0 Å². The smallest absolute Gasteiger partial charge is 0.251 e. The van der Waals surface area contributed by atoms with Crippen LogP contribution in [0.2, 0.25) is 0 Å². The molecule has 7 nitrogen and oxygen atoms in total. The maximum absolute atomic E-state index is 13.4. The Morgan fingerprint density at radius 2 is 1.80 bits per heavy atom. The van der Waals surface area contributed by atoms with Crippen molar-refractivity contribution < 1.29 is 9.59 Å². The summed E-state index contributed by atoms with van der Waals surface area (Å²) >= 11 is 1.47. The van der Waals surface area contributed by atoms with Gasteiger partial charge in [0.15, 0.2) is 10.9 Å². The Balaban J connectivity index is 1.76. The molecule has 180 valence electrons. The summed E-state index contributed by atoms with van der Waals surface area (Å²) < 4.78 is 1.82. The molecule has 8 heteroatoms. The molecule has 0 fully saturated rings. The van der Waals surface area contributed by atoms with Crippen molar-refractivity contribution in [3.05, 3.63) is 70.2 Å². The second-order valence-corrected chi connectivity index (χ2v) is 9.66. The van der Waals surface area contributed by atoms with Crippen molar-refractivity contribution in [2.75, 3.05) is 12.8 Å². The Morgan fingerprint density at radius 1 is 1.09 bits per heavy atom. The molecule has 0 aliphatic heterocycles. The lowest BCUT2D eigenvalue weighted by atomic mass is 9.91. The van der Waals surface area contributed by atoms with E-state index in [1.165, 1.54) is 11.8 Å². The van der Waals surface area contributed by atoms with Gasteiger partial charge in [-0.2, -0.15) is 5.10 Å². The highest BCUT2D eigenvalue weighted by molar-refractivity contribution is 7.98. The molecule has 1 amide bonds. The largest absolute Gasteiger partial charge is 0.348 e. The Kier molecular flexibility index (Phi) is 7.03. The summed E-state index contributed by atoms with van der Waals surface area (Å²) in [6, 6.07) is 3.92. The summed E-state index contributed by atoms with van der Waals surface area (Å²) in [6.07, 6.45) is 9.70. The first-order valence-electron chi connectivity index (χ1n) is 11.4. The first-order valence-corrected chi connectivity index (χ1v) is 12.6. The van der Waals surface area contributed by atoms with Crippen LogP contribution in [-0.2, 0) is 11.8 Å². The number of amides is 1. The van der Waals surface area contributed by atoms with Crippen molar-refractivity contribution in [1.29, 1.82) is 0 Å². The van der Waals surface area contributed by atoms with E-state index in [1.54, 1.807) is 12.4 Å². The number of aromatic nitrogens is 4. The Hall–Kier alpha value is -3.52. The number of benzene rings is 1. The molecule has 0 saturated heterocycles. The summed E-state index contributed by atoms with van der Waals surface area (Å²) in [7, 11) is 1.89. The fourth-order valence-corrected chi connectivity index (χ4v) is 4.77. The van der Waals surface area contributed by atoms with Crippen molar-refractivity contribution >= 4 is 23.5 Å². The zero-order chi connectivity index (χ0) is 25.3. The van der Waals surface area contributed by atoms with Crippen LogP contribution in [0.25, 0.3) is 22.4 Å². The molecular weight excluding hydrogens is 458 g/mol. The van der Waals surface area contributed by atoms with Gasteiger partial charge in [0, 0.05) is 54.7 Å². The topological polar surface area (TPSA) is 89.8 Å². The molecule has 2 aromatic heterocycles. The van der Waals surface area contributed by atoms with Gasteiger partial charge in [-0.3, -0.25) is 14.3 Å². The summed E-state index contributed by atoms with van der Waals surface area (Å²) in [5.41, 5.74) is 8.52. The number of aryl methyl sites for hydroxylation is 2. The molecule has 3 aromatic rings. The van der Waals surface area contributed by atoms with E-state index in [0.29, 0.717) is 22.7 Å². The predicted molar refractivity (Wildman–Crippen MR) is 139 cm³/mol. The number of rotatable bonds is 6. The highest BCUT2D eigenvalue weighted by Crippen LogP contribution is 2.33. The lowest BCUT2D eigenvalue weighted by Crippen LogP contribution is -2.30. The summed E-state index contributed by atoms with van der Waals surface area (Å²) in [6.45, 7) is 8.00. The van der Waals surface area contributed by atoms with E-state index in [-0.39, 0.29) is 18.2 Å². The molecule has 0 bridgehead atoms. The molecule has 1 aliphatic rings. The normalized spacial score (nSPS) is 13.8. The monoisotopic (exact) mass is 487 g/mol. The summed E-state index contributed by atoms with van der Waals surface area (Å²) in [5, 5.41) is 8.06. The number of carbonyl (C=O) groups is 2. The molecule has 2 heterocycles. The summed E-state index contributed by atoms with van der Waals surface area (Å²) in [4.78, 5) is 34.8. The third kappa shape index (κ3) is 4.98. The van der Waals surface area contributed by atoms with Gasteiger partial charge in [0.05, 0.1) is 11.9 Å². The van der Waals surface area contributed by atoms with Crippen LogP contribution in [0.15, 0.2) is 58.7 Å². The van der Waals surface area contributed by atoms with Gasteiger partial charge in [-0.25, -0.2) is 9.97 Å². The van der Waals surface area contributed by atoms with Gasteiger partial charge in [-0.15, -0.1) is 0 Å². The number of thioether (sulfide) groups is 1. The molecule has 4 rings (SSSR count). The van der Waals surface area contributed by atoms with Gasteiger partial charge in [-0.1, -0.05) is 23.4 Å². The zero-order valence-electron chi connectivity index (χ0n) is 20.9. The van der Waals surface area contributed by atoms with Crippen molar-refractivity contribution in [3.8, 4) is 22.4 Å². The van der Waals surface area contributed by atoms with E-state index in [0.717, 1.165) is 44.7 Å². The van der Waals surface area contributed by atoms with Crippen molar-refractivity contribution in [2.24, 2.45) is 7.05 Å². The first-order chi connectivity index (χ1) is 16.7. The van der Waals surface area contributed by atoms with Crippen molar-refractivity contribution in [1.82, 2.24) is 25.1 Å². The lowest BCUT2D eigenvalue weighted by molar-refractivity contribution is -0.115. The molecule has 1 aromatic carbocycles. The van der Waals surface area contributed by atoms with Gasteiger partial charge < -0.3 is 5.32 Å². The van der Waals surface area contributed by atoms with E-state index >= 15 is 0 Å².